The van der Waals surface area contributed by atoms with E-state index in [1.54, 1.807) is 0 Å². The summed E-state index contributed by atoms with van der Waals surface area (Å²) in [5, 5.41) is 3.11. The van der Waals surface area contributed by atoms with Crippen molar-refractivity contribution in [2.75, 3.05) is 0 Å². The minimum atomic E-state index is -0.299. The lowest BCUT2D eigenvalue weighted by Crippen LogP contribution is -2.36. The number of nitrogens with one attached hydrogen (secondary N) is 1. The third-order valence-corrected chi connectivity index (χ3v) is 3.61. The summed E-state index contributed by atoms with van der Waals surface area (Å²) >= 11 is 3.43. The van der Waals surface area contributed by atoms with Crippen LogP contribution in [0.3, 0.4) is 0 Å². The third-order valence-electron chi connectivity index (χ3n) is 3.09. The van der Waals surface area contributed by atoms with Crippen molar-refractivity contribution < 1.29 is 4.79 Å². The first-order valence-electron chi connectivity index (χ1n) is 5.94. The van der Waals surface area contributed by atoms with Gasteiger partial charge in [-0.05, 0) is 24.1 Å². The van der Waals surface area contributed by atoms with Gasteiger partial charge in [0.25, 0.3) is 0 Å². The first-order chi connectivity index (χ1) is 7.88. The summed E-state index contributed by atoms with van der Waals surface area (Å²) in [5.74, 6) is 0.636. The summed E-state index contributed by atoms with van der Waals surface area (Å²) in [6, 6.07) is 8.67. The van der Waals surface area contributed by atoms with Crippen LogP contribution in [0.4, 0.5) is 0 Å². The highest BCUT2D eigenvalue weighted by atomic mass is 79.9. The zero-order chi connectivity index (χ0) is 12.6. The molecule has 0 bridgehead atoms. The maximum Gasteiger partial charge on any atom is 0.225 e. The molecule has 0 unspecified atom stereocenters. The first kappa shape index (κ1) is 12.6. The standard InChI is InChI=1S/C14H18BrNO/c1-14(2,3)13(17)16-12-8-11(12)9-4-6-10(15)7-5-9/h4-7,11-12H,8H2,1-3H3,(H,16,17)/t11-,12+/m0/s1. The molecule has 1 aliphatic rings. The Bertz CT molecular complexity index is 419. The van der Waals surface area contributed by atoms with Gasteiger partial charge >= 0.3 is 0 Å². The van der Waals surface area contributed by atoms with E-state index in [0.29, 0.717) is 12.0 Å². The zero-order valence-electron chi connectivity index (χ0n) is 10.5. The highest BCUT2D eigenvalue weighted by Gasteiger charge is 2.40. The van der Waals surface area contributed by atoms with Crippen LogP contribution in [0.25, 0.3) is 0 Å². The van der Waals surface area contributed by atoms with Gasteiger partial charge in [0.2, 0.25) is 5.91 Å². The van der Waals surface area contributed by atoms with Gasteiger partial charge in [0.1, 0.15) is 0 Å². The predicted octanol–water partition coefficient (Wildman–Crippen LogP) is 3.47. The molecule has 0 aliphatic heterocycles. The van der Waals surface area contributed by atoms with E-state index in [2.05, 4.69) is 45.5 Å². The van der Waals surface area contributed by atoms with Crippen LogP contribution >= 0.6 is 15.9 Å². The highest BCUT2D eigenvalue weighted by Crippen LogP contribution is 2.41. The SMILES string of the molecule is CC(C)(C)C(=O)N[C@@H]1C[C@H]1c1ccc(Br)cc1. The molecule has 1 N–H and O–H groups in total. The van der Waals surface area contributed by atoms with E-state index in [1.807, 2.05) is 20.8 Å². The van der Waals surface area contributed by atoms with Crippen LogP contribution in [0.2, 0.25) is 0 Å². The van der Waals surface area contributed by atoms with Crippen molar-refractivity contribution in [3.05, 3.63) is 34.3 Å². The van der Waals surface area contributed by atoms with Crippen molar-refractivity contribution in [1.29, 1.82) is 0 Å². The van der Waals surface area contributed by atoms with Crippen LogP contribution in [-0.4, -0.2) is 11.9 Å². The van der Waals surface area contributed by atoms with Crippen molar-refractivity contribution in [3.8, 4) is 0 Å². The van der Waals surface area contributed by atoms with E-state index in [0.717, 1.165) is 10.9 Å². The second-order valence-electron chi connectivity index (χ2n) is 5.72. The Labute approximate surface area is 111 Å². The summed E-state index contributed by atoms with van der Waals surface area (Å²) in [5.41, 5.74) is 1.01. The Hall–Kier alpha value is -0.830. The second-order valence-corrected chi connectivity index (χ2v) is 6.64. The quantitative estimate of drug-likeness (QED) is 0.889. The van der Waals surface area contributed by atoms with Gasteiger partial charge in [-0.15, -0.1) is 0 Å². The molecular weight excluding hydrogens is 278 g/mol. The Morgan fingerprint density at radius 2 is 1.88 bits per heavy atom. The van der Waals surface area contributed by atoms with Gasteiger partial charge in [-0.1, -0.05) is 48.8 Å². The molecule has 0 heterocycles. The fraction of sp³-hybridized carbons (Fsp3) is 0.500. The summed E-state index contributed by atoms with van der Waals surface area (Å²) in [7, 11) is 0. The summed E-state index contributed by atoms with van der Waals surface area (Å²) in [6.07, 6.45) is 1.06. The van der Waals surface area contributed by atoms with E-state index >= 15 is 0 Å². The van der Waals surface area contributed by atoms with Crippen LogP contribution in [0.15, 0.2) is 28.7 Å². The van der Waals surface area contributed by atoms with Crippen LogP contribution in [0.5, 0.6) is 0 Å². The summed E-state index contributed by atoms with van der Waals surface area (Å²) < 4.78 is 1.09. The smallest absolute Gasteiger partial charge is 0.225 e. The third kappa shape index (κ3) is 3.09. The molecule has 2 rings (SSSR count). The fourth-order valence-corrected chi connectivity index (χ4v) is 2.08. The number of halogens is 1. The van der Waals surface area contributed by atoms with E-state index in [-0.39, 0.29) is 11.3 Å². The van der Waals surface area contributed by atoms with Crippen molar-refractivity contribution in [1.82, 2.24) is 5.32 Å². The number of amides is 1. The maximum absolute atomic E-state index is 11.8. The van der Waals surface area contributed by atoms with Gasteiger partial charge in [0.05, 0.1) is 0 Å². The molecule has 17 heavy (non-hydrogen) atoms. The lowest BCUT2D eigenvalue weighted by molar-refractivity contribution is -0.128. The van der Waals surface area contributed by atoms with Gasteiger partial charge < -0.3 is 5.32 Å². The van der Waals surface area contributed by atoms with Gasteiger partial charge in [0, 0.05) is 21.8 Å². The number of benzene rings is 1. The van der Waals surface area contributed by atoms with Crippen molar-refractivity contribution in [2.24, 2.45) is 5.41 Å². The zero-order valence-corrected chi connectivity index (χ0v) is 12.0. The topological polar surface area (TPSA) is 29.1 Å². The van der Waals surface area contributed by atoms with Crippen LogP contribution in [0.1, 0.15) is 38.7 Å². The second kappa shape index (κ2) is 4.45. The van der Waals surface area contributed by atoms with Crippen molar-refractivity contribution in [3.63, 3.8) is 0 Å². The van der Waals surface area contributed by atoms with E-state index in [1.165, 1.54) is 5.56 Å². The number of rotatable bonds is 2. The molecular formula is C14H18BrNO. The van der Waals surface area contributed by atoms with E-state index < -0.39 is 0 Å². The van der Waals surface area contributed by atoms with Crippen molar-refractivity contribution >= 4 is 21.8 Å². The number of carbonyl (C=O) groups excluding carboxylic acids is 1. The molecule has 1 amide bonds. The predicted molar refractivity (Wildman–Crippen MR) is 72.9 cm³/mol. The summed E-state index contributed by atoms with van der Waals surface area (Å²) in [6.45, 7) is 5.83. The normalized spacial score (nSPS) is 23.3. The Morgan fingerprint density at radius 3 is 2.41 bits per heavy atom. The lowest BCUT2D eigenvalue weighted by Gasteiger charge is -2.17. The fourth-order valence-electron chi connectivity index (χ4n) is 1.82. The molecule has 3 heteroatoms. The Balaban J connectivity index is 1.93. The molecule has 0 spiro atoms. The van der Waals surface area contributed by atoms with Gasteiger partial charge in [0.15, 0.2) is 0 Å². The molecule has 92 valence electrons. The van der Waals surface area contributed by atoms with Gasteiger partial charge in [-0.3, -0.25) is 4.79 Å². The Kier molecular flexibility index (Phi) is 3.30. The monoisotopic (exact) mass is 295 g/mol. The van der Waals surface area contributed by atoms with Crippen LogP contribution in [0, 0.1) is 5.41 Å². The molecule has 2 atom stereocenters. The molecule has 1 saturated carbocycles. The number of carbonyl (C=O) groups is 1. The average molecular weight is 296 g/mol. The van der Waals surface area contributed by atoms with Crippen LogP contribution in [-0.2, 0) is 4.79 Å². The molecule has 1 aromatic rings. The van der Waals surface area contributed by atoms with Gasteiger partial charge in [-0.25, -0.2) is 0 Å². The molecule has 0 radical (unpaired) electrons. The maximum atomic E-state index is 11.8. The van der Waals surface area contributed by atoms with Crippen molar-refractivity contribution in [2.45, 2.75) is 39.2 Å². The largest absolute Gasteiger partial charge is 0.352 e. The molecule has 1 aliphatic carbocycles. The minimum absolute atomic E-state index is 0.141. The Morgan fingerprint density at radius 1 is 1.29 bits per heavy atom. The number of hydrogen-bond acceptors (Lipinski definition) is 1. The minimum Gasteiger partial charge on any atom is -0.352 e. The number of hydrogen-bond donors (Lipinski definition) is 1. The van der Waals surface area contributed by atoms with E-state index in [9.17, 15) is 4.79 Å². The molecule has 2 nitrogen and oxygen atoms in total. The summed E-state index contributed by atoms with van der Waals surface area (Å²) in [4.78, 5) is 11.8. The molecule has 1 aromatic carbocycles. The first-order valence-corrected chi connectivity index (χ1v) is 6.73. The van der Waals surface area contributed by atoms with Crippen LogP contribution < -0.4 is 5.32 Å². The molecule has 1 fully saturated rings. The van der Waals surface area contributed by atoms with Gasteiger partial charge in [-0.2, -0.15) is 0 Å². The molecule has 0 saturated heterocycles. The lowest BCUT2D eigenvalue weighted by atomic mass is 9.95. The van der Waals surface area contributed by atoms with E-state index in [4.69, 9.17) is 0 Å². The highest BCUT2D eigenvalue weighted by molar-refractivity contribution is 9.10. The average Bonchev–Trinajstić information content (AvgIpc) is 2.97. The molecule has 0 aromatic heterocycles.